The van der Waals surface area contributed by atoms with Crippen LogP contribution in [0.2, 0.25) is 0 Å². The average molecular weight is 353 g/mol. The van der Waals surface area contributed by atoms with Crippen molar-refractivity contribution in [2.75, 3.05) is 20.9 Å². The molecule has 0 fully saturated rings. The van der Waals surface area contributed by atoms with Gasteiger partial charge in [-0.05, 0) is 35.9 Å². The summed E-state index contributed by atoms with van der Waals surface area (Å²) >= 11 is 0. The number of benzene rings is 2. The van der Waals surface area contributed by atoms with Gasteiger partial charge in [-0.1, -0.05) is 6.07 Å². The molecule has 7 heteroatoms. The maximum Gasteiger partial charge on any atom is 0.414 e. The Labute approximate surface area is 149 Å². The lowest BCUT2D eigenvalue weighted by Crippen LogP contribution is -2.25. The smallest absolute Gasteiger partial charge is 0.414 e. The van der Waals surface area contributed by atoms with Crippen molar-refractivity contribution in [1.29, 1.82) is 0 Å². The summed E-state index contributed by atoms with van der Waals surface area (Å²) in [6.07, 6.45) is 1.13. The first kappa shape index (κ1) is 16.0. The van der Waals surface area contributed by atoms with E-state index in [-0.39, 0.29) is 18.3 Å². The second kappa shape index (κ2) is 6.11. The van der Waals surface area contributed by atoms with Gasteiger partial charge in [0.25, 0.3) is 0 Å². The van der Waals surface area contributed by atoms with Crippen LogP contribution in [0.15, 0.2) is 42.2 Å². The monoisotopic (exact) mass is 353 g/mol. The number of hydrogen-bond acceptors (Lipinski definition) is 6. The molecule has 2 aliphatic heterocycles. The Kier molecular flexibility index (Phi) is 3.76. The fourth-order valence-corrected chi connectivity index (χ4v) is 2.58. The fraction of sp³-hybridized carbons (Fsp3) is 0.158. The summed E-state index contributed by atoms with van der Waals surface area (Å²) in [4.78, 5) is 25.5. The third kappa shape index (κ3) is 2.83. The molecule has 2 aromatic carbocycles. The number of ether oxygens (including phenoxy) is 4. The van der Waals surface area contributed by atoms with Crippen LogP contribution in [0.4, 0.5) is 4.79 Å². The predicted molar refractivity (Wildman–Crippen MR) is 91.7 cm³/mol. The summed E-state index contributed by atoms with van der Waals surface area (Å²) in [5.74, 6) is 1.91. The molecule has 0 N–H and O–H groups in total. The van der Waals surface area contributed by atoms with Gasteiger partial charge in [0.2, 0.25) is 12.6 Å². The molecule has 0 unspecified atom stereocenters. The van der Waals surface area contributed by atoms with Crippen molar-refractivity contribution in [1.82, 2.24) is 4.90 Å². The maximum absolute atomic E-state index is 12.5. The highest BCUT2D eigenvalue weighted by Crippen LogP contribution is 2.37. The minimum absolute atomic E-state index is 0.185. The molecule has 0 radical (unpaired) electrons. The molecule has 26 heavy (non-hydrogen) atoms. The number of rotatable bonds is 2. The van der Waals surface area contributed by atoms with Crippen molar-refractivity contribution in [3.63, 3.8) is 0 Å². The van der Waals surface area contributed by atoms with Crippen LogP contribution in [0.5, 0.6) is 23.0 Å². The molecule has 2 heterocycles. The average Bonchev–Trinajstić information content (AvgIpc) is 3.19. The summed E-state index contributed by atoms with van der Waals surface area (Å²) in [5, 5.41) is 0. The second-order valence-corrected chi connectivity index (χ2v) is 5.97. The van der Waals surface area contributed by atoms with Gasteiger partial charge in [-0.2, -0.15) is 0 Å². The van der Waals surface area contributed by atoms with Crippen LogP contribution in [0, 0.1) is 0 Å². The molecule has 0 bridgehead atoms. The van der Waals surface area contributed by atoms with Gasteiger partial charge in [0.05, 0.1) is 5.56 Å². The zero-order chi connectivity index (χ0) is 18.3. The van der Waals surface area contributed by atoms with Crippen LogP contribution in [0.3, 0.4) is 0 Å². The number of Topliss-reactive ketones (excluding diaryl/α,β-unsaturated/α-hetero) is 1. The maximum atomic E-state index is 12.5. The lowest BCUT2D eigenvalue weighted by atomic mass is 10.1. The molecular formula is C19H15NO6. The van der Waals surface area contributed by atoms with Gasteiger partial charge >= 0.3 is 6.09 Å². The molecule has 0 saturated carbocycles. The molecule has 4 rings (SSSR count). The summed E-state index contributed by atoms with van der Waals surface area (Å²) in [5.41, 5.74) is 1.17. The standard InChI is InChI=1S/C19H15NO6/c1-20(2)19(22)25-12-4-5-13-15(9-12)26-17(18(13)21)8-11-3-6-14-16(7-11)24-10-23-14/h3-9H,10H2,1-2H3/b17-8-. The summed E-state index contributed by atoms with van der Waals surface area (Å²) in [6, 6.07) is 10.0. The third-order valence-corrected chi connectivity index (χ3v) is 3.91. The largest absolute Gasteiger partial charge is 0.454 e. The topological polar surface area (TPSA) is 74.3 Å². The lowest BCUT2D eigenvalue weighted by molar-refractivity contribution is 0.101. The van der Waals surface area contributed by atoms with Gasteiger partial charge in [0, 0.05) is 20.2 Å². The van der Waals surface area contributed by atoms with Crippen LogP contribution >= 0.6 is 0 Å². The van der Waals surface area contributed by atoms with E-state index < -0.39 is 6.09 Å². The van der Waals surface area contributed by atoms with E-state index in [2.05, 4.69) is 0 Å². The lowest BCUT2D eigenvalue weighted by Gasteiger charge is -2.10. The van der Waals surface area contributed by atoms with E-state index in [1.807, 2.05) is 6.07 Å². The number of ketones is 1. The first-order valence-electron chi connectivity index (χ1n) is 7.88. The molecule has 0 saturated heterocycles. The van der Waals surface area contributed by atoms with Gasteiger partial charge in [-0.3, -0.25) is 4.79 Å². The Hall–Kier alpha value is -3.48. The highest BCUT2D eigenvalue weighted by atomic mass is 16.7. The molecular weight excluding hydrogens is 338 g/mol. The van der Waals surface area contributed by atoms with Crippen molar-refractivity contribution in [2.45, 2.75) is 0 Å². The van der Waals surface area contributed by atoms with E-state index >= 15 is 0 Å². The van der Waals surface area contributed by atoms with Crippen LogP contribution in [0.1, 0.15) is 15.9 Å². The van der Waals surface area contributed by atoms with Crippen molar-refractivity contribution in [2.24, 2.45) is 0 Å². The van der Waals surface area contributed by atoms with Crippen LogP contribution in [-0.2, 0) is 0 Å². The number of nitrogens with zero attached hydrogens (tertiary/aromatic N) is 1. The Balaban J connectivity index is 1.58. The number of amides is 1. The van der Waals surface area contributed by atoms with Crippen molar-refractivity contribution in [3.05, 3.63) is 53.3 Å². The minimum Gasteiger partial charge on any atom is -0.454 e. The van der Waals surface area contributed by atoms with Crippen LogP contribution < -0.4 is 18.9 Å². The predicted octanol–water partition coefficient (Wildman–Crippen LogP) is 3.09. The van der Waals surface area contributed by atoms with Crippen LogP contribution in [0.25, 0.3) is 6.08 Å². The summed E-state index contributed by atoms with van der Waals surface area (Å²) in [7, 11) is 3.17. The fourth-order valence-electron chi connectivity index (χ4n) is 2.58. The molecule has 2 aromatic rings. The molecule has 0 atom stereocenters. The highest BCUT2D eigenvalue weighted by molar-refractivity contribution is 6.14. The van der Waals surface area contributed by atoms with Gasteiger partial charge in [0.15, 0.2) is 17.3 Å². The third-order valence-electron chi connectivity index (χ3n) is 3.91. The van der Waals surface area contributed by atoms with E-state index in [4.69, 9.17) is 18.9 Å². The number of hydrogen-bond donors (Lipinski definition) is 0. The quantitative estimate of drug-likeness (QED) is 0.773. The Bertz CT molecular complexity index is 947. The second-order valence-electron chi connectivity index (χ2n) is 5.97. The van der Waals surface area contributed by atoms with Crippen molar-refractivity contribution < 1.29 is 28.5 Å². The van der Waals surface area contributed by atoms with E-state index in [1.54, 1.807) is 44.4 Å². The normalized spacial score (nSPS) is 15.6. The molecule has 0 aromatic heterocycles. The SMILES string of the molecule is CN(C)C(=O)Oc1ccc2c(c1)O/C(=C\c1ccc3c(c1)OCO3)C2=O. The number of carbonyl (C=O) groups excluding carboxylic acids is 2. The first-order chi connectivity index (χ1) is 12.5. The van der Waals surface area contributed by atoms with Gasteiger partial charge in [0.1, 0.15) is 11.5 Å². The molecule has 2 aliphatic rings. The zero-order valence-corrected chi connectivity index (χ0v) is 14.1. The van der Waals surface area contributed by atoms with E-state index in [0.717, 1.165) is 5.56 Å². The number of carbonyl (C=O) groups is 2. The summed E-state index contributed by atoms with van der Waals surface area (Å²) in [6.45, 7) is 0.185. The van der Waals surface area contributed by atoms with Crippen LogP contribution in [-0.4, -0.2) is 37.7 Å². The minimum atomic E-state index is -0.509. The van der Waals surface area contributed by atoms with E-state index in [1.165, 1.54) is 11.0 Å². The molecule has 7 nitrogen and oxygen atoms in total. The van der Waals surface area contributed by atoms with Gasteiger partial charge in [-0.15, -0.1) is 0 Å². The van der Waals surface area contributed by atoms with Gasteiger partial charge < -0.3 is 23.8 Å². The zero-order valence-electron chi connectivity index (χ0n) is 14.1. The van der Waals surface area contributed by atoms with E-state index in [9.17, 15) is 9.59 Å². The van der Waals surface area contributed by atoms with Gasteiger partial charge in [-0.25, -0.2) is 4.79 Å². The van der Waals surface area contributed by atoms with E-state index in [0.29, 0.717) is 28.6 Å². The number of fused-ring (bicyclic) bond motifs is 2. The van der Waals surface area contributed by atoms with Crippen molar-refractivity contribution in [3.8, 4) is 23.0 Å². The molecule has 0 aliphatic carbocycles. The Morgan fingerprint density at radius 2 is 1.88 bits per heavy atom. The molecule has 132 valence electrons. The highest BCUT2D eigenvalue weighted by Gasteiger charge is 2.28. The Morgan fingerprint density at radius 3 is 2.69 bits per heavy atom. The summed E-state index contributed by atoms with van der Waals surface area (Å²) < 4.78 is 21.5. The molecule has 1 amide bonds. The first-order valence-corrected chi connectivity index (χ1v) is 7.88. The Morgan fingerprint density at radius 1 is 1.08 bits per heavy atom. The molecule has 0 spiro atoms. The number of allylic oxidation sites excluding steroid dienone is 1. The van der Waals surface area contributed by atoms with Crippen molar-refractivity contribution >= 4 is 18.0 Å².